The van der Waals surface area contributed by atoms with E-state index in [-0.39, 0.29) is 12.5 Å². The van der Waals surface area contributed by atoms with E-state index in [1.54, 1.807) is 14.0 Å². The van der Waals surface area contributed by atoms with Gasteiger partial charge in [-0.25, -0.2) is 8.78 Å². The maximum Gasteiger partial charge on any atom is 0.236 e. The number of carbonyl (C=O) groups is 1. The van der Waals surface area contributed by atoms with Crippen LogP contribution in [0.2, 0.25) is 0 Å². The number of carbonyl (C=O) groups excluding carboxylic acids is 1. The Kier molecular flexibility index (Phi) is 6.38. The highest BCUT2D eigenvalue weighted by molar-refractivity contribution is 5.81. The summed E-state index contributed by atoms with van der Waals surface area (Å²) in [4.78, 5) is 11.6. The molecule has 1 atom stereocenters. The van der Waals surface area contributed by atoms with E-state index in [4.69, 9.17) is 4.74 Å². The number of rotatable bonds is 7. The van der Waals surface area contributed by atoms with Crippen molar-refractivity contribution in [2.75, 3.05) is 20.3 Å². The molecule has 0 spiro atoms. The minimum atomic E-state index is -0.625. The molecule has 0 aliphatic carbocycles. The number of hydrogen-bond acceptors (Lipinski definition) is 3. The van der Waals surface area contributed by atoms with Gasteiger partial charge in [-0.2, -0.15) is 0 Å². The highest BCUT2D eigenvalue weighted by Crippen LogP contribution is 2.09. The summed E-state index contributed by atoms with van der Waals surface area (Å²) >= 11 is 0. The van der Waals surface area contributed by atoms with Gasteiger partial charge in [0, 0.05) is 31.8 Å². The van der Waals surface area contributed by atoms with Crippen LogP contribution in [0.15, 0.2) is 18.2 Å². The van der Waals surface area contributed by atoms with Crippen molar-refractivity contribution >= 4 is 5.91 Å². The average molecular weight is 272 g/mol. The van der Waals surface area contributed by atoms with Gasteiger partial charge in [0.1, 0.15) is 11.6 Å². The summed E-state index contributed by atoms with van der Waals surface area (Å²) in [6.07, 6.45) is 0. The van der Waals surface area contributed by atoms with Gasteiger partial charge in [0.2, 0.25) is 5.91 Å². The van der Waals surface area contributed by atoms with Gasteiger partial charge in [-0.05, 0) is 13.0 Å². The monoisotopic (exact) mass is 272 g/mol. The van der Waals surface area contributed by atoms with Crippen LogP contribution in [0.25, 0.3) is 0 Å². The summed E-state index contributed by atoms with van der Waals surface area (Å²) in [5, 5.41) is 5.53. The van der Waals surface area contributed by atoms with Gasteiger partial charge in [0.15, 0.2) is 0 Å². The topological polar surface area (TPSA) is 50.4 Å². The predicted octanol–water partition coefficient (Wildman–Crippen LogP) is 1.21. The lowest BCUT2D eigenvalue weighted by atomic mass is 10.2. The molecule has 106 valence electrons. The van der Waals surface area contributed by atoms with Gasteiger partial charge in [-0.1, -0.05) is 6.07 Å². The lowest BCUT2D eigenvalue weighted by Crippen LogP contribution is -2.42. The van der Waals surface area contributed by atoms with Crippen LogP contribution in [0.1, 0.15) is 12.5 Å². The van der Waals surface area contributed by atoms with Gasteiger partial charge < -0.3 is 15.4 Å². The van der Waals surface area contributed by atoms with E-state index in [0.29, 0.717) is 18.7 Å². The number of hydrogen-bond donors (Lipinski definition) is 2. The molecule has 6 heteroatoms. The molecule has 1 aromatic carbocycles. The zero-order valence-electron chi connectivity index (χ0n) is 11.0. The molecule has 0 aliphatic rings. The summed E-state index contributed by atoms with van der Waals surface area (Å²) in [5.41, 5.74) is 0.318. The quantitative estimate of drug-likeness (QED) is 0.733. The number of methoxy groups -OCH3 is 1. The molecule has 2 N–H and O–H groups in total. The molecule has 0 bridgehead atoms. The molecule has 19 heavy (non-hydrogen) atoms. The van der Waals surface area contributed by atoms with Crippen LogP contribution in [0.3, 0.4) is 0 Å². The van der Waals surface area contributed by atoms with E-state index < -0.39 is 17.7 Å². The normalized spacial score (nSPS) is 12.2. The fourth-order valence-corrected chi connectivity index (χ4v) is 1.45. The molecule has 0 radical (unpaired) electrons. The van der Waals surface area contributed by atoms with E-state index in [1.807, 2.05) is 0 Å². The van der Waals surface area contributed by atoms with Crippen molar-refractivity contribution in [3.63, 3.8) is 0 Å². The third kappa shape index (κ3) is 5.32. The molecule has 0 aliphatic heterocycles. The molecule has 1 aromatic rings. The highest BCUT2D eigenvalue weighted by Gasteiger charge is 2.12. The second kappa shape index (κ2) is 7.81. The second-order valence-electron chi connectivity index (χ2n) is 4.12. The van der Waals surface area contributed by atoms with E-state index in [2.05, 4.69) is 10.6 Å². The van der Waals surface area contributed by atoms with E-state index in [9.17, 15) is 13.6 Å². The van der Waals surface area contributed by atoms with E-state index >= 15 is 0 Å². The first kappa shape index (κ1) is 15.5. The van der Waals surface area contributed by atoms with Crippen LogP contribution in [-0.4, -0.2) is 32.2 Å². The van der Waals surface area contributed by atoms with Gasteiger partial charge >= 0.3 is 0 Å². The lowest BCUT2D eigenvalue weighted by Gasteiger charge is -2.14. The molecule has 1 amide bonds. The third-order valence-corrected chi connectivity index (χ3v) is 2.61. The summed E-state index contributed by atoms with van der Waals surface area (Å²) in [7, 11) is 1.55. The van der Waals surface area contributed by atoms with Crippen LogP contribution >= 0.6 is 0 Å². The van der Waals surface area contributed by atoms with Crippen molar-refractivity contribution < 1.29 is 18.3 Å². The molecule has 0 fully saturated rings. The number of nitrogens with one attached hydrogen (secondary N) is 2. The summed E-state index contributed by atoms with van der Waals surface area (Å²) < 4.78 is 30.9. The maximum atomic E-state index is 13.4. The fraction of sp³-hybridized carbons (Fsp3) is 0.462. The third-order valence-electron chi connectivity index (χ3n) is 2.61. The number of halogens is 2. The van der Waals surface area contributed by atoms with Crippen molar-refractivity contribution in [2.45, 2.75) is 19.5 Å². The van der Waals surface area contributed by atoms with Crippen LogP contribution in [0.4, 0.5) is 8.78 Å². The van der Waals surface area contributed by atoms with Gasteiger partial charge in [-0.15, -0.1) is 0 Å². The van der Waals surface area contributed by atoms with Gasteiger partial charge in [0.05, 0.1) is 12.6 Å². The Balaban J connectivity index is 2.40. The summed E-state index contributed by atoms with van der Waals surface area (Å²) in [6, 6.07) is 2.89. The Morgan fingerprint density at radius 3 is 2.79 bits per heavy atom. The smallest absolute Gasteiger partial charge is 0.236 e. The maximum absolute atomic E-state index is 13.4. The van der Waals surface area contributed by atoms with E-state index in [0.717, 1.165) is 6.07 Å². The molecule has 0 aromatic heterocycles. The van der Waals surface area contributed by atoms with Crippen molar-refractivity contribution in [1.29, 1.82) is 0 Å². The molecule has 1 unspecified atom stereocenters. The average Bonchev–Trinajstić information content (AvgIpc) is 2.37. The van der Waals surface area contributed by atoms with Crippen LogP contribution in [0.5, 0.6) is 0 Å². The standard InChI is InChI=1S/C13H18F2N2O2/c1-9(13(18)16-5-6-19-2)17-8-10-3-4-11(14)7-12(10)15/h3-4,7,9,17H,5-6,8H2,1-2H3,(H,16,18). The number of ether oxygens (including phenoxy) is 1. The zero-order chi connectivity index (χ0) is 14.3. The molecular formula is C13H18F2N2O2. The van der Waals surface area contributed by atoms with E-state index in [1.165, 1.54) is 12.1 Å². The molecular weight excluding hydrogens is 254 g/mol. The molecule has 0 saturated carbocycles. The van der Waals surface area contributed by atoms with Gasteiger partial charge in [-0.3, -0.25) is 4.79 Å². The first-order chi connectivity index (χ1) is 9.04. The first-order valence-electron chi connectivity index (χ1n) is 5.98. The highest BCUT2D eigenvalue weighted by atomic mass is 19.1. The number of amides is 1. The number of benzene rings is 1. The minimum Gasteiger partial charge on any atom is -0.383 e. The van der Waals surface area contributed by atoms with Gasteiger partial charge in [0.25, 0.3) is 0 Å². The predicted molar refractivity (Wildman–Crippen MR) is 67.5 cm³/mol. The Morgan fingerprint density at radius 2 is 2.16 bits per heavy atom. The second-order valence-corrected chi connectivity index (χ2v) is 4.12. The Morgan fingerprint density at radius 1 is 1.42 bits per heavy atom. The molecule has 0 saturated heterocycles. The van der Waals surface area contributed by atoms with Crippen molar-refractivity contribution in [3.8, 4) is 0 Å². The molecule has 0 heterocycles. The SMILES string of the molecule is COCCNC(=O)C(C)NCc1ccc(F)cc1F. The van der Waals surface area contributed by atoms with Crippen LogP contribution < -0.4 is 10.6 Å². The Labute approximate surface area is 111 Å². The van der Waals surface area contributed by atoms with Crippen LogP contribution in [0, 0.1) is 11.6 Å². The molecule has 1 rings (SSSR count). The van der Waals surface area contributed by atoms with Crippen LogP contribution in [-0.2, 0) is 16.1 Å². The summed E-state index contributed by atoms with van der Waals surface area (Å²) in [6.45, 7) is 2.69. The fourth-order valence-electron chi connectivity index (χ4n) is 1.45. The first-order valence-corrected chi connectivity index (χ1v) is 5.98. The van der Waals surface area contributed by atoms with Crippen molar-refractivity contribution in [1.82, 2.24) is 10.6 Å². The lowest BCUT2D eigenvalue weighted by molar-refractivity contribution is -0.123. The largest absolute Gasteiger partial charge is 0.383 e. The summed E-state index contributed by atoms with van der Waals surface area (Å²) in [5.74, 6) is -1.44. The van der Waals surface area contributed by atoms with Crippen molar-refractivity contribution in [2.24, 2.45) is 0 Å². The minimum absolute atomic E-state index is 0.158. The zero-order valence-corrected chi connectivity index (χ0v) is 11.0. The Bertz CT molecular complexity index is 427. The van der Waals surface area contributed by atoms with Crippen molar-refractivity contribution in [3.05, 3.63) is 35.4 Å². The Hall–Kier alpha value is -1.53. The molecule has 4 nitrogen and oxygen atoms in total.